The highest BCUT2D eigenvalue weighted by Crippen LogP contribution is 2.48. The van der Waals surface area contributed by atoms with E-state index in [1.165, 1.54) is 7.11 Å². The molecule has 0 spiro atoms. The van der Waals surface area contributed by atoms with Crippen LogP contribution in [0.3, 0.4) is 0 Å². The molecule has 100 valence electrons. The lowest BCUT2D eigenvalue weighted by molar-refractivity contribution is -0.140. The van der Waals surface area contributed by atoms with Gasteiger partial charge >= 0.3 is 5.97 Å². The molecule has 0 aliphatic heterocycles. The number of ether oxygens (including phenoxy) is 1. The van der Waals surface area contributed by atoms with Crippen molar-refractivity contribution in [1.82, 2.24) is 0 Å². The first-order valence-corrected chi connectivity index (χ1v) is 6.26. The van der Waals surface area contributed by atoms with Gasteiger partial charge in [0.25, 0.3) is 0 Å². The van der Waals surface area contributed by atoms with Crippen LogP contribution in [0.2, 0.25) is 0 Å². The minimum absolute atomic E-state index is 0.138. The van der Waals surface area contributed by atoms with Crippen molar-refractivity contribution in [2.45, 2.75) is 38.0 Å². The molecule has 0 heterocycles. The van der Waals surface area contributed by atoms with E-state index in [-0.39, 0.29) is 24.1 Å². The number of methoxy groups -OCH3 is 1. The third kappa shape index (κ3) is 2.06. The summed E-state index contributed by atoms with van der Waals surface area (Å²) in [5.74, 6) is -0.289. The van der Waals surface area contributed by atoms with Gasteiger partial charge in [-0.05, 0) is 30.4 Å². The second-order valence-electron chi connectivity index (χ2n) is 5.34. The summed E-state index contributed by atoms with van der Waals surface area (Å²) in [6.45, 7) is 3.69. The Hall–Kier alpha value is -2.02. The molecule has 2 rings (SSSR count). The van der Waals surface area contributed by atoms with Gasteiger partial charge in [0.15, 0.2) is 0 Å². The number of carbonyl (C=O) groups excluding carboxylic acids is 1. The fourth-order valence-electron chi connectivity index (χ4n) is 2.71. The lowest BCUT2D eigenvalue weighted by Crippen LogP contribution is -2.34. The quantitative estimate of drug-likeness (QED) is 0.846. The Kier molecular flexibility index (Phi) is 3.23. The van der Waals surface area contributed by atoms with Crippen molar-refractivity contribution < 1.29 is 14.6 Å². The molecule has 0 radical (unpaired) electrons. The highest BCUT2D eigenvalue weighted by molar-refractivity contribution is 5.71. The molecule has 0 saturated heterocycles. The van der Waals surface area contributed by atoms with Gasteiger partial charge in [0.2, 0.25) is 0 Å². The molecule has 2 unspecified atom stereocenters. The van der Waals surface area contributed by atoms with E-state index in [0.717, 1.165) is 5.56 Å². The third-order valence-corrected chi connectivity index (χ3v) is 3.87. The van der Waals surface area contributed by atoms with Crippen LogP contribution in [0.1, 0.15) is 42.9 Å². The Morgan fingerprint density at radius 1 is 1.63 bits per heavy atom. The number of aromatic hydroxyl groups is 1. The summed E-state index contributed by atoms with van der Waals surface area (Å²) in [6, 6.07) is 6.00. The van der Waals surface area contributed by atoms with E-state index in [4.69, 9.17) is 0 Å². The van der Waals surface area contributed by atoms with Crippen LogP contribution in [0.25, 0.3) is 0 Å². The fraction of sp³-hybridized carbons (Fsp3) is 0.467. The molecule has 1 aromatic carbocycles. The second kappa shape index (κ2) is 4.58. The third-order valence-electron chi connectivity index (χ3n) is 3.87. The Morgan fingerprint density at radius 3 is 2.89 bits per heavy atom. The molecule has 1 aliphatic rings. The predicted octanol–water partition coefficient (Wildman–Crippen LogP) is 2.40. The van der Waals surface area contributed by atoms with Crippen molar-refractivity contribution >= 4 is 5.97 Å². The second-order valence-corrected chi connectivity index (χ2v) is 5.34. The molecule has 0 aromatic heterocycles. The van der Waals surface area contributed by atoms with Gasteiger partial charge in [-0.15, -0.1) is 0 Å². The average molecular weight is 259 g/mol. The smallest absolute Gasteiger partial charge is 0.306 e. The van der Waals surface area contributed by atoms with Crippen LogP contribution >= 0.6 is 0 Å². The van der Waals surface area contributed by atoms with E-state index in [9.17, 15) is 15.2 Å². The number of carbonyl (C=O) groups is 1. The van der Waals surface area contributed by atoms with E-state index in [0.29, 0.717) is 17.5 Å². The van der Waals surface area contributed by atoms with E-state index in [1.54, 1.807) is 0 Å². The van der Waals surface area contributed by atoms with Crippen molar-refractivity contribution in [1.29, 1.82) is 5.26 Å². The monoisotopic (exact) mass is 259 g/mol. The Labute approximate surface area is 112 Å². The molecule has 1 aromatic rings. The molecule has 2 atom stereocenters. The first-order valence-electron chi connectivity index (χ1n) is 6.26. The van der Waals surface area contributed by atoms with Crippen LogP contribution in [0.5, 0.6) is 5.75 Å². The molecule has 4 nitrogen and oxygen atoms in total. The van der Waals surface area contributed by atoms with Gasteiger partial charge in [0, 0.05) is 5.56 Å². The van der Waals surface area contributed by atoms with Crippen LogP contribution in [-0.4, -0.2) is 18.2 Å². The molecule has 0 amide bonds. The van der Waals surface area contributed by atoms with Gasteiger partial charge in [-0.1, -0.05) is 19.1 Å². The predicted molar refractivity (Wildman–Crippen MR) is 69.8 cm³/mol. The van der Waals surface area contributed by atoms with Gasteiger partial charge in [0.05, 0.1) is 25.0 Å². The number of phenolic OH excluding ortho intramolecular Hbond substituents is 1. The molecule has 1 N–H and O–H groups in total. The summed E-state index contributed by atoms with van der Waals surface area (Å²) in [6.07, 6.45) is 0.879. The molecular formula is C15H17NO3. The molecule has 4 heteroatoms. The van der Waals surface area contributed by atoms with Gasteiger partial charge in [-0.2, -0.15) is 5.26 Å². The topological polar surface area (TPSA) is 70.3 Å². The number of phenols is 1. The Morgan fingerprint density at radius 2 is 2.32 bits per heavy atom. The van der Waals surface area contributed by atoms with Crippen molar-refractivity contribution in [3.05, 3.63) is 28.8 Å². The Balaban J connectivity index is 2.35. The summed E-state index contributed by atoms with van der Waals surface area (Å²) in [4.78, 5) is 11.3. The Bertz CT molecular complexity index is 573. The number of nitriles is 1. The molecule has 0 bridgehead atoms. The summed E-state index contributed by atoms with van der Waals surface area (Å²) < 4.78 is 4.64. The van der Waals surface area contributed by atoms with Crippen molar-refractivity contribution in [2.75, 3.05) is 7.11 Å². The van der Waals surface area contributed by atoms with Crippen LogP contribution < -0.4 is 0 Å². The van der Waals surface area contributed by atoms with Gasteiger partial charge < -0.3 is 9.84 Å². The number of nitrogens with zero attached hydrogens (tertiary/aromatic N) is 1. The van der Waals surface area contributed by atoms with Gasteiger partial charge in [-0.25, -0.2) is 0 Å². The fourth-order valence-corrected chi connectivity index (χ4v) is 2.71. The molecule has 1 aliphatic carbocycles. The highest BCUT2D eigenvalue weighted by atomic mass is 16.5. The van der Waals surface area contributed by atoms with Gasteiger partial charge in [0.1, 0.15) is 5.75 Å². The molecule has 0 saturated carbocycles. The molecule has 19 heavy (non-hydrogen) atoms. The number of esters is 1. The summed E-state index contributed by atoms with van der Waals surface area (Å²) >= 11 is 0. The zero-order chi connectivity index (χ0) is 14.2. The number of fused-ring (bicyclic) bond motifs is 1. The number of rotatable bonds is 3. The maximum Gasteiger partial charge on any atom is 0.306 e. The van der Waals surface area contributed by atoms with E-state index >= 15 is 0 Å². The minimum Gasteiger partial charge on any atom is -0.507 e. The zero-order valence-corrected chi connectivity index (χ0v) is 11.4. The van der Waals surface area contributed by atoms with Crippen molar-refractivity contribution in [3.8, 4) is 11.8 Å². The summed E-state index contributed by atoms with van der Waals surface area (Å²) in [5, 5.41) is 19.5. The number of hydrogen-bond acceptors (Lipinski definition) is 4. The summed E-state index contributed by atoms with van der Waals surface area (Å²) in [5.41, 5.74) is 1.81. The maximum absolute atomic E-state index is 11.3. The van der Waals surface area contributed by atoms with Gasteiger partial charge in [-0.3, -0.25) is 4.79 Å². The minimum atomic E-state index is -0.611. The largest absolute Gasteiger partial charge is 0.507 e. The first-order chi connectivity index (χ1) is 8.92. The van der Waals surface area contributed by atoms with Crippen LogP contribution in [-0.2, 0) is 21.4 Å². The summed E-state index contributed by atoms with van der Waals surface area (Å²) in [7, 11) is 1.35. The van der Waals surface area contributed by atoms with Crippen molar-refractivity contribution in [2.24, 2.45) is 0 Å². The lowest BCUT2D eigenvalue weighted by atomic mass is 9.65. The number of hydrogen-bond donors (Lipinski definition) is 1. The van der Waals surface area contributed by atoms with Crippen LogP contribution in [0, 0.1) is 11.3 Å². The van der Waals surface area contributed by atoms with Crippen LogP contribution in [0.4, 0.5) is 0 Å². The highest BCUT2D eigenvalue weighted by Gasteiger charge is 2.42. The standard InChI is InChI=1S/C15H17NO3/c1-9(6-12(17)19-3)11-5-4-10-7-15(2,8-16)13(10)14(11)18/h4-5,9,18H,6-7H2,1-3H3. The maximum atomic E-state index is 11.3. The normalized spacial score (nSPS) is 21.8. The lowest BCUT2D eigenvalue weighted by Gasteiger charge is -2.36. The van der Waals surface area contributed by atoms with Crippen molar-refractivity contribution in [3.63, 3.8) is 0 Å². The number of benzene rings is 1. The van der Waals surface area contributed by atoms with E-state index in [1.807, 2.05) is 26.0 Å². The first kappa shape index (κ1) is 13.4. The van der Waals surface area contributed by atoms with E-state index in [2.05, 4.69) is 10.8 Å². The van der Waals surface area contributed by atoms with E-state index < -0.39 is 5.41 Å². The molecular weight excluding hydrogens is 242 g/mol. The zero-order valence-electron chi connectivity index (χ0n) is 11.4. The SMILES string of the molecule is COC(=O)CC(C)c1ccc2c(c1O)C(C)(C#N)C2. The average Bonchev–Trinajstić information content (AvgIpc) is 2.36. The van der Waals surface area contributed by atoms with Crippen LogP contribution in [0.15, 0.2) is 12.1 Å². The molecule has 0 fully saturated rings.